The molecule has 0 fully saturated rings. The molecule has 0 aromatic rings. The lowest BCUT2D eigenvalue weighted by Gasteiger charge is -2.20. The summed E-state index contributed by atoms with van der Waals surface area (Å²) in [6.45, 7) is 4.34. The van der Waals surface area contributed by atoms with Gasteiger partial charge in [-0.1, -0.05) is 48.3 Å². The molecule has 25 heavy (non-hydrogen) atoms. The van der Waals surface area contributed by atoms with Crippen molar-refractivity contribution >= 4 is 111 Å². The maximum absolute atomic E-state index is 5.89. The molecule has 0 spiro atoms. The lowest BCUT2D eigenvalue weighted by atomic mass is 10.1. The van der Waals surface area contributed by atoms with E-state index in [4.69, 9.17) is 64.1 Å². The summed E-state index contributed by atoms with van der Waals surface area (Å²) in [5, 5.41) is 0. The first-order valence-corrected chi connectivity index (χ1v) is 20.6. The summed E-state index contributed by atoms with van der Waals surface area (Å²) >= 11 is 0. The zero-order valence-electron chi connectivity index (χ0n) is 14.5. The summed E-state index contributed by atoms with van der Waals surface area (Å²) in [5.41, 5.74) is 0. The van der Waals surface area contributed by atoms with Gasteiger partial charge in [-0.15, -0.1) is 0 Å². The first kappa shape index (κ1) is 28.5. The average Bonchev–Trinajstić information content (AvgIpc) is 2.40. The van der Waals surface area contributed by atoms with E-state index >= 15 is 0 Å². The van der Waals surface area contributed by atoms with Crippen molar-refractivity contribution in [3.05, 3.63) is 0 Å². The molecular formula is C14H28Cl6S5. The van der Waals surface area contributed by atoms with Gasteiger partial charge in [-0.05, 0) is 127 Å². The normalized spacial score (nSPS) is 16.6. The maximum Gasteiger partial charge on any atom is 0.0190 e. The van der Waals surface area contributed by atoms with E-state index in [9.17, 15) is 0 Å². The van der Waals surface area contributed by atoms with E-state index in [1.54, 1.807) is 0 Å². The van der Waals surface area contributed by atoms with Crippen LogP contribution in [0.2, 0.25) is 0 Å². The summed E-state index contributed by atoms with van der Waals surface area (Å²) in [6, 6.07) is 0. The van der Waals surface area contributed by atoms with Gasteiger partial charge in [0.05, 0.1) is 0 Å². The number of hydrogen-bond donors (Lipinski definition) is 0. The Kier molecular flexibility index (Phi) is 18.5. The zero-order valence-corrected chi connectivity index (χ0v) is 23.2. The van der Waals surface area contributed by atoms with E-state index in [1.165, 1.54) is 37.2 Å². The Balaban J connectivity index is 3.32. The third kappa shape index (κ3) is 23.6. The molecule has 0 saturated heterocycles. The van der Waals surface area contributed by atoms with Crippen LogP contribution in [0.1, 0.15) is 52.4 Å². The van der Waals surface area contributed by atoms with Crippen molar-refractivity contribution in [2.75, 3.05) is 23.0 Å². The Hall–Kier alpha value is 3.49. The molecule has 11 heteroatoms. The van der Waals surface area contributed by atoms with Crippen LogP contribution < -0.4 is 0 Å². The minimum Gasteiger partial charge on any atom is -0.0826 e. The second-order valence-corrected chi connectivity index (χ2v) is 25.7. The Bertz CT molecular complexity index is 294. The van der Waals surface area contributed by atoms with Crippen molar-refractivity contribution in [3.8, 4) is 0 Å². The molecular weight excluding hydrogens is 541 g/mol. The second-order valence-electron chi connectivity index (χ2n) is 6.25. The Morgan fingerprint density at radius 2 is 1.00 bits per heavy atom. The molecule has 0 aliphatic heterocycles. The van der Waals surface area contributed by atoms with E-state index in [2.05, 4.69) is 13.8 Å². The standard InChI is InChI=1S/C14H28Cl6S5/c1-13(11-24(15,16)17)7-3-5-9-21-23-22-10-6-4-8-14(2)12-25(18,19)20/h13-14H,3-12H2,1-2H3. The number of hydrogen-bond acceptors (Lipinski definition) is 3. The SMILES string of the molecule is CC(CCCCSSSCCCCC(C)CS(Cl)(Cl)Cl)CS(Cl)(Cl)Cl. The van der Waals surface area contributed by atoms with Crippen molar-refractivity contribution in [3.63, 3.8) is 0 Å². The molecule has 0 saturated carbocycles. The summed E-state index contributed by atoms with van der Waals surface area (Å²) in [6.07, 6.45) is 7.18. The van der Waals surface area contributed by atoms with Gasteiger partial charge in [0.1, 0.15) is 0 Å². The van der Waals surface area contributed by atoms with Crippen LogP contribution in [0.25, 0.3) is 0 Å². The largest absolute Gasteiger partial charge is 0.0826 e. The fraction of sp³-hybridized carbons (Fsp3) is 1.00. The molecule has 0 amide bonds. The molecule has 0 aliphatic carbocycles. The second kappa shape index (κ2) is 16.2. The minimum atomic E-state index is -1.91. The molecule has 0 bridgehead atoms. The molecule has 0 heterocycles. The Morgan fingerprint density at radius 1 is 0.640 bits per heavy atom. The topological polar surface area (TPSA) is 0 Å². The highest BCUT2D eigenvalue weighted by Crippen LogP contribution is 2.64. The average molecular weight is 569 g/mol. The highest BCUT2D eigenvalue weighted by Gasteiger charge is 2.18. The predicted octanol–water partition coefficient (Wildman–Crippen LogP) is 11.2. The van der Waals surface area contributed by atoms with Crippen LogP contribution in [0.3, 0.4) is 0 Å². The van der Waals surface area contributed by atoms with E-state index in [1.807, 2.05) is 31.4 Å². The van der Waals surface area contributed by atoms with E-state index in [0.29, 0.717) is 11.8 Å². The molecule has 156 valence electrons. The van der Waals surface area contributed by atoms with Crippen LogP contribution in [0.4, 0.5) is 0 Å². The van der Waals surface area contributed by atoms with Crippen molar-refractivity contribution in [2.24, 2.45) is 11.8 Å². The molecule has 0 aromatic carbocycles. The van der Waals surface area contributed by atoms with Gasteiger partial charge >= 0.3 is 0 Å². The first-order chi connectivity index (χ1) is 11.5. The highest BCUT2D eigenvalue weighted by molar-refractivity contribution is 9.09. The van der Waals surface area contributed by atoms with E-state index in [-0.39, 0.29) is 0 Å². The Morgan fingerprint density at radius 3 is 1.32 bits per heavy atom. The molecule has 2 atom stereocenters. The third-order valence-corrected chi connectivity index (χ3v) is 12.0. The van der Waals surface area contributed by atoms with Gasteiger partial charge in [0.25, 0.3) is 0 Å². The molecule has 0 aliphatic rings. The van der Waals surface area contributed by atoms with Crippen LogP contribution in [0.15, 0.2) is 0 Å². The van der Waals surface area contributed by atoms with Crippen LogP contribution >= 0.6 is 111 Å². The van der Waals surface area contributed by atoms with Gasteiger partial charge < -0.3 is 0 Å². The van der Waals surface area contributed by atoms with Crippen molar-refractivity contribution < 1.29 is 0 Å². The number of rotatable bonds is 16. The summed E-state index contributed by atoms with van der Waals surface area (Å²) in [7, 11) is 37.3. The fourth-order valence-corrected chi connectivity index (χ4v) is 11.7. The molecule has 0 radical (unpaired) electrons. The van der Waals surface area contributed by atoms with Crippen molar-refractivity contribution in [1.82, 2.24) is 0 Å². The molecule has 0 N–H and O–H groups in total. The number of halogens is 6. The van der Waals surface area contributed by atoms with Gasteiger partial charge in [0.2, 0.25) is 0 Å². The molecule has 2 unspecified atom stereocenters. The van der Waals surface area contributed by atoms with Gasteiger partial charge in [-0.2, -0.15) is 0 Å². The zero-order chi connectivity index (χ0) is 19.3. The molecule has 0 rings (SSSR count). The Labute approximate surface area is 196 Å². The van der Waals surface area contributed by atoms with Crippen LogP contribution in [-0.2, 0) is 0 Å². The van der Waals surface area contributed by atoms with Crippen molar-refractivity contribution in [1.29, 1.82) is 0 Å². The van der Waals surface area contributed by atoms with Gasteiger partial charge in [0.15, 0.2) is 0 Å². The maximum atomic E-state index is 5.89. The number of unbranched alkanes of at least 4 members (excludes halogenated alkanes) is 2. The smallest absolute Gasteiger partial charge is 0.0190 e. The molecule has 0 nitrogen and oxygen atoms in total. The van der Waals surface area contributed by atoms with Gasteiger partial charge in [-0.3, -0.25) is 0 Å². The quantitative estimate of drug-likeness (QED) is 0.134. The monoisotopic (exact) mass is 566 g/mol. The lowest BCUT2D eigenvalue weighted by molar-refractivity contribution is 0.560. The van der Waals surface area contributed by atoms with Crippen LogP contribution in [0.5, 0.6) is 0 Å². The third-order valence-electron chi connectivity index (χ3n) is 3.39. The van der Waals surface area contributed by atoms with Gasteiger partial charge in [-0.25, -0.2) is 0 Å². The van der Waals surface area contributed by atoms with Crippen LogP contribution in [0, 0.1) is 11.8 Å². The minimum absolute atomic E-state index is 0.500. The lowest BCUT2D eigenvalue weighted by Crippen LogP contribution is -2.01. The highest BCUT2D eigenvalue weighted by atomic mass is 36.2. The van der Waals surface area contributed by atoms with Crippen molar-refractivity contribution in [2.45, 2.75) is 52.4 Å². The predicted molar refractivity (Wildman–Crippen MR) is 139 cm³/mol. The summed E-state index contributed by atoms with van der Waals surface area (Å²) in [4.78, 5) is 0. The fourth-order valence-electron chi connectivity index (χ4n) is 2.22. The van der Waals surface area contributed by atoms with E-state index in [0.717, 1.165) is 24.3 Å². The van der Waals surface area contributed by atoms with Gasteiger partial charge in [0, 0.05) is 23.0 Å². The van der Waals surface area contributed by atoms with E-state index < -0.39 is 15.3 Å². The summed E-state index contributed by atoms with van der Waals surface area (Å²) < 4.78 is 0. The summed E-state index contributed by atoms with van der Waals surface area (Å²) in [5.74, 6) is 4.82. The molecule has 0 aromatic heterocycles. The first-order valence-electron chi connectivity index (χ1n) is 8.20. The van der Waals surface area contributed by atoms with Crippen LogP contribution in [-0.4, -0.2) is 23.0 Å².